The Balaban J connectivity index is 1.04. The quantitative estimate of drug-likeness (QED) is 0.168. The highest BCUT2D eigenvalue weighted by atomic mass is 15.1. The van der Waals surface area contributed by atoms with Gasteiger partial charge in [-0.15, -0.1) is 0 Å². The Morgan fingerprint density at radius 2 is 0.880 bits per heavy atom. The van der Waals surface area contributed by atoms with Crippen LogP contribution in [0, 0.1) is 0 Å². The molecule has 1 aromatic heterocycles. The van der Waals surface area contributed by atoms with Crippen LogP contribution < -0.4 is 4.90 Å². The topological polar surface area (TPSA) is 8.17 Å². The number of allylic oxidation sites excluding steroid dienone is 4. The van der Waals surface area contributed by atoms with Crippen LogP contribution in [0.25, 0.3) is 49.7 Å². The Kier molecular flexibility index (Phi) is 7.68. The van der Waals surface area contributed by atoms with Gasteiger partial charge in [-0.25, -0.2) is 0 Å². The smallest absolute Gasteiger partial charge is 0.0541 e. The molecule has 1 aliphatic rings. The number of rotatable bonds is 7. The normalized spacial score (nSPS) is 14.0. The zero-order valence-electron chi connectivity index (χ0n) is 27.7. The Morgan fingerprint density at radius 3 is 1.40 bits per heavy atom. The first-order valence-corrected chi connectivity index (χ1v) is 17.4. The minimum atomic E-state index is 0.424. The fourth-order valence-corrected chi connectivity index (χ4v) is 7.39. The Bertz CT molecular complexity index is 2410. The van der Waals surface area contributed by atoms with Crippen molar-refractivity contribution in [3.8, 4) is 27.9 Å². The van der Waals surface area contributed by atoms with Gasteiger partial charge in [0, 0.05) is 39.4 Å². The van der Waals surface area contributed by atoms with Crippen LogP contribution >= 0.6 is 0 Å². The van der Waals surface area contributed by atoms with Gasteiger partial charge in [-0.3, -0.25) is 0 Å². The number of aromatic nitrogens is 1. The summed E-state index contributed by atoms with van der Waals surface area (Å²) >= 11 is 0. The van der Waals surface area contributed by atoms with Crippen LogP contribution in [0.1, 0.15) is 17.9 Å². The second-order valence-corrected chi connectivity index (χ2v) is 13.0. The Morgan fingerprint density at radius 1 is 0.420 bits per heavy atom. The average Bonchev–Trinajstić information content (AvgIpc) is 3.54. The van der Waals surface area contributed by atoms with E-state index in [9.17, 15) is 0 Å². The van der Waals surface area contributed by atoms with Gasteiger partial charge in [0.1, 0.15) is 0 Å². The molecule has 8 aromatic rings. The van der Waals surface area contributed by atoms with Crippen molar-refractivity contribution in [2.45, 2.75) is 12.3 Å². The van der Waals surface area contributed by atoms with Crippen LogP contribution in [-0.2, 0) is 0 Å². The molecule has 0 amide bonds. The predicted octanol–water partition coefficient (Wildman–Crippen LogP) is 13.2. The average molecular weight is 641 g/mol. The zero-order valence-corrected chi connectivity index (χ0v) is 27.7. The number of anilines is 3. The van der Waals surface area contributed by atoms with Gasteiger partial charge in [0.2, 0.25) is 0 Å². The maximum Gasteiger partial charge on any atom is 0.0541 e. The van der Waals surface area contributed by atoms with Crippen LogP contribution in [0.4, 0.5) is 17.1 Å². The lowest BCUT2D eigenvalue weighted by molar-refractivity contribution is 0.854. The van der Waals surface area contributed by atoms with Crippen molar-refractivity contribution in [2.24, 2.45) is 0 Å². The second kappa shape index (κ2) is 12.9. The summed E-state index contributed by atoms with van der Waals surface area (Å²) in [6, 6.07) is 63.8. The molecule has 2 heteroatoms. The van der Waals surface area contributed by atoms with Gasteiger partial charge in [0.05, 0.1) is 11.0 Å². The summed E-state index contributed by atoms with van der Waals surface area (Å²) in [7, 11) is 0. The van der Waals surface area contributed by atoms with E-state index >= 15 is 0 Å². The highest BCUT2D eigenvalue weighted by Crippen LogP contribution is 2.38. The van der Waals surface area contributed by atoms with Crippen molar-refractivity contribution in [2.75, 3.05) is 4.90 Å². The predicted molar refractivity (Wildman–Crippen MR) is 212 cm³/mol. The molecule has 0 radical (unpaired) electrons. The summed E-state index contributed by atoms with van der Waals surface area (Å²) in [4.78, 5) is 2.35. The summed E-state index contributed by atoms with van der Waals surface area (Å²) in [6.07, 6.45) is 9.88. The third-order valence-corrected chi connectivity index (χ3v) is 9.96. The molecule has 0 saturated carbocycles. The van der Waals surface area contributed by atoms with Crippen LogP contribution in [-0.4, -0.2) is 4.57 Å². The van der Waals surface area contributed by atoms with Gasteiger partial charge in [0.25, 0.3) is 0 Å². The first-order valence-electron chi connectivity index (χ1n) is 17.4. The fourth-order valence-electron chi connectivity index (χ4n) is 7.39. The van der Waals surface area contributed by atoms with Gasteiger partial charge >= 0.3 is 0 Å². The number of nitrogens with zero attached hydrogens (tertiary/aromatic N) is 2. The van der Waals surface area contributed by atoms with E-state index in [2.05, 4.69) is 210 Å². The van der Waals surface area contributed by atoms with Crippen LogP contribution in [0.2, 0.25) is 0 Å². The molecule has 0 N–H and O–H groups in total. The first kappa shape index (κ1) is 29.7. The first-order chi connectivity index (χ1) is 24.8. The number of hydrogen-bond donors (Lipinski definition) is 0. The van der Waals surface area contributed by atoms with Gasteiger partial charge in [0.15, 0.2) is 0 Å². The number of fused-ring (bicyclic) bond motifs is 3. The van der Waals surface area contributed by atoms with Gasteiger partial charge in [-0.2, -0.15) is 0 Å². The van der Waals surface area contributed by atoms with E-state index in [1.54, 1.807) is 0 Å². The fraction of sp³-hybridized carbons (Fsp3) is 0.0417. The number of para-hydroxylation sites is 2. The molecule has 238 valence electrons. The van der Waals surface area contributed by atoms with Gasteiger partial charge < -0.3 is 9.47 Å². The molecule has 1 atom stereocenters. The van der Waals surface area contributed by atoms with Crippen molar-refractivity contribution in [3.05, 3.63) is 206 Å². The third-order valence-electron chi connectivity index (χ3n) is 9.96. The van der Waals surface area contributed by atoms with Gasteiger partial charge in [-0.1, -0.05) is 140 Å². The van der Waals surface area contributed by atoms with E-state index in [4.69, 9.17) is 0 Å². The lowest BCUT2D eigenvalue weighted by atomic mass is 9.92. The van der Waals surface area contributed by atoms with E-state index in [-0.39, 0.29) is 0 Å². The molecule has 0 saturated heterocycles. The summed E-state index contributed by atoms with van der Waals surface area (Å²) in [5, 5.41) is 2.55. The van der Waals surface area contributed by atoms with E-state index in [1.807, 2.05) is 0 Å². The molecule has 1 unspecified atom stereocenters. The Labute approximate surface area is 293 Å². The molecule has 7 aromatic carbocycles. The molecule has 9 rings (SSSR count). The van der Waals surface area contributed by atoms with Crippen LogP contribution in [0.3, 0.4) is 0 Å². The van der Waals surface area contributed by atoms with Crippen LogP contribution in [0.5, 0.6) is 0 Å². The molecule has 0 fully saturated rings. The zero-order chi connectivity index (χ0) is 33.3. The molecule has 0 spiro atoms. The van der Waals surface area contributed by atoms with Crippen LogP contribution in [0.15, 0.2) is 200 Å². The van der Waals surface area contributed by atoms with Crippen molar-refractivity contribution in [3.63, 3.8) is 0 Å². The minimum absolute atomic E-state index is 0.424. The highest BCUT2D eigenvalue weighted by Gasteiger charge is 2.16. The maximum absolute atomic E-state index is 2.37. The summed E-state index contributed by atoms with van der Waals surface area (Å²) in [5.74, 6) is 0.424. The molecule has 1 aliphatic carbocycles. The van der Waals surface area contributed by atoms with E-state index in [1.165, 1.54) is 49.6 Å². The third kappa shape index (κ3) is 5.51. The minimum Gasteiger partial charge on any atom is -0.311 e. The van der Waals surface area contributed by atoms with E-state index in [0.717, 1.165) is 29.2 Å². The van der Waals surface area contributed by atoms with Crippen molar-refractivity contribution >= 4 is 38.9 Å². The molecular weight excluding hydrogens is 605 g/mol. The van der Waals surface area contributed by atoms with Crippen molar-refractivity contribution in [1.29, 1.82) is 0 Å². The standard InChI is InChI=1S/C48H36N2/c1-3-11-35(12-4-1)37-19-27-41(28-20-37)49(42-29-21-38(22-30-42)36-13-5-2-6-14-36)43-31-23-39(24-32-43)40-25-33-44(34-26-40)50-47-17-9-7-15-45(47)46-16-8-10-18-48(46)50/h1-13,15-34,36H,14H2. The maximum atomic E-state index is 2.37. The molecule has 1 heterocycles. The second-order valence-electron chi connectivity index (χ2n) is 13.0. The Hall–Kier alpha value is -6.38. The number of benzene rings is 7. The van der Waals surface area contributed by atoms with Crippen molar-refractivity contribution in [1.82, 2.24) is 4.57 Å². The van der Waals surface area contributed by atoms with Gasteiger partial charge in [-0.05, 0) is 94.9 Å². The largest absolute Gasteiger partial charge is 0.311 e. The lowest BCUT2D eigenvalue weighted by Crippen LogP contribution is -2.10. The molecule has 0 aliphatic heterocycles. The summed E-state index contributed by atoms with van der Waals surface area (Å²) in [6.45, 7) is 0. The molecule has 2 nitrogen and oxygen atoms in total. The van der Waals surface area contributed by atoms with E-state index < -0.39 is 0 Å². The monoisotopic (exact) mass is 640 g/mol. The summed E-state index contributed by atoms with van der Waals surface area (Å²) in [5.41, 5.74) is 13.2. The van der Waals surface area contributed by atoms with E-state index in [0.29, 0.717) is 5.92 Å². The molecule has 0 bridgehead atoms. The molecular formula is C48H36N2. The number of hydrogen-bond acceptors (Lipinski definition) is 1. The highest BCUT2D eigenvalue weighted by molar-refractivity contribution is 6.09. The lowest BCUT2D eigenvalue weighted by Gasteiger charge is -2.26. The van der Waals surface area contributed by atoms with Crippen molar-refractivity contribution < 1.29 is 0 Å². The summed E-state index contributed by atoms with van der Waals surface area (Å²) < 4.78 is 2.37. The molecule has 50 heavy (non-hydrogen) atoms. The SMILES string of the molecule is C1=CCC(c2ccc(N(c3ccc(-c4ccccc4)cc3)c3ccc(-c4ccc(-n5c6ccccc6c6ccccc65)cc4)cc3)cc2)C=C1.